The van der Waals surface area contributed by atoms with Gasteiger partial charge in [0.1, 0.15) is 0 Å². The fourth-order valence-electron chi connectivity index (χ4n) is 1.60. The van der Waals surface area contributed by atoms with Crippen LogP contribution in [0.5, 0.6) is 0 Å². The van der Waals surface area contributed by atoms with Gasteiger partial charge in [0, 0.05) is 31.0 Å². The second kappa shape index (κ2) is 6.24. The highest BCUT2D eigenvalue weighted by molar-refractivity contribution is 7.99. The first-order valence-corrected chi connectivity index (χ1v) is 6.74. The maximum absolute atomic E-state index is 10.6. The molecule has 0 radical (unpaired) electrons. The van der Waals surface area contributed by atoms with Crippen LogP contribution in [0, 0.1) is 0 Å². The SMILES string of the molecule is COCCn1c(C(C)(C)C)cnc1SCC(=O)O. The van der Waals surface area contributed by atoms with Gasteiger partial charge in [-0.25, -0.2) is 4.98 Å². The maximum Gasteiger partial charge on any atom is 0.313 e. The maximum atomic E-state index is 10.6. The normalized spacial score (nSPS) is 11.8. The molecule has 0 aliphatic rings. The van der Waals surface area contributed by atoms with Crippen LogP contribution in [0.3, 0.4) is 0 Å². The minimum absolute atomic E-state index is 0.0214. The van der Waals surface area contributed by atoms with Gasteiger partial charge in [0.15, 0.2) is 5.16 Å². The van der Waals surface area contributed by atoms with Crippen LogP contribution in [0.15, 0.2) is 11.4 Å². The summed E-state index contributed by atoms with van der Waals surface area (Å²) < 4.78 is 7.13. The average molecular weight is 272 g/mol. The molecular formula is C12H20N2O3S. The van der Waals surface area contributed by atoms with Crippen molar-refractivity contribution in [3.63, 3.8) is 0 Å². The number of ether oxygens (including phenoxy) is 1. The fraction of sp³-hybridized carbons (Fsp3) is 0.667. The Bertz CT molecular complexity index is 410. The number of hydrogen-bond donors (Lipinski definition) is 1. The van der Waals surface area contributed by atoms with E-state index in [-0.39, 0.29) is 11.2 Å². The molecule has 1 heterocycles. The van der Waals surface area contributed by atoms with E-state index >= 15 is 0 Å². The van der Waals surface area contributed by atoms with Crippen LogP contribution in [-0.2, 0) is 21.5 Å². The molecule has 0 aromatic carbocycles. The first kappa shape index (κ1) is 15.0. The largest absolute Gasteiger partial charge is 0.481 e. The molecule has 1 aromatic heterocycles. The zero-order valence-electron chi connectivity index (χ0n) is 11.3. The number of carboxylic acids is 1. The molecule has 5 nitrogen and oxygen atoms in total. The topological polar surface area (TPSA) is 64.4 Å². The smallest absolute Gasteiger partial charge is 0.313 e. The van der Waals surface area contributed by atoms with Crippen molar-refractivity contribution in [3.8, 4) is 0 Å². The van der Waals surface area contributed by atoms with Crippen LogP contribution in [0.1, 0.15) is 26.5 Å². The van der Waals surface area contributed by atoms with Gasteiger partial charge in [-0.05, 0) is 0 Å². The van der Waals surface area contributed by atoms with Gasteiger partial charge >= 0.3 is 5.97 Å². The molecule has 1 rings (SSSR count). The number of rotatable bonds is 6. The second-order valence-electron chi connectivity index (χ2n) is 5.00. The van der Waals surface area contributed by atoms with Gasteiger partial charge in [-0.15, -0.1) is 0 Å². The van der Waals surface area contributed by atoms with Crippen LogP contribution in [0.25, 0.3) is 0 Å². The molecule has 0 bridgehead atoms. The number of carboxylic acid groups (broad SMARTS) is 1. The lowest BCUT2D eigenvalue weighted by atomic mass is 9.93. The number of hydrogen-bond acceptors (Lipinski definition) is 4. The summed E-state index contributed by atoms with van der Waals surface area (Å²) in [5, 5.41) is 9.46. The van der Waals surface area contributed by atoms with E-state index in [0.717, 1.165) is 10.9 Å². The number of aromatic nitrogens is 2. The Morgan fingerprint density at radius 3 is 2.72 bits per heavy atom. The van der Waals surface area contributed by atoms with Crippen molar-refractivity contribution >= 4 is 17.7 Å². The third kappa shape index (κ3) is 4.03. The van der Waals surface area contributed by atoms with Crippen molar-refractivity contribution in [3.05, 3.63) is 11.9 Å². The molecule has 18 heavy (non-hydrogen) atoms. The van der Waals surface area contributed by atoms with Crippen molar-refractivity contribution in [1.29, 1.82) is 0 Å². The van der Waals surface area contributed by atoms with E-state index in [1.807, 2.05) is 10.8 Å². The number of carbonyl (C=O) groups is 1. The van der Waals surface area contributed by atoms with Gasteiger partial charge in [-0.2, -0.15) is 0 Å². The van der Waals surface area contributed by atoms with Crippen LogP contribution in [0.2, 0.25) is 0 Å². The van der Waals surface area contributed by atoms with Gasteiger partial charge in [0.25, 0.3) is 0 Å². The Morgan fingerprint density at radius 2 is 2.22 bits per heavy atom. The molecule has 1 N–H and O–H groups in total. The van der Waals surface area contributed by atoms with E-state index in [1.54, 1.807) is 7.11 Å². The minimum atomic E-state index is -0.835. The highest BCUT2D eigenvalue weighted by Crippen LogP contribution is 2.27. The van der Waals surface area contributed by atoms with Gasteiger partial charge < -0.3 is 14.4 Å². The van der Waals surface area contributed by atoms with Crippen LogP contribution in [0.4, 0.5) is 0 Å². The summed E-state index contributed by atoms with van der Waals surface area (Å²) >= 11 is 1.24. The predicted molar refractivity (Wildman–Crippen MR) is 71.2 cm³/mol. The predicted octanol–water partition coefficient (Wildman–Crippen LogP) is 2.00. The zero-order valence-corrected chi connectivity index (χ0v) is 12.1. The van der Waals surface area contributed by atoms with E-state index in [1.165, 1.54) is 11.8 Å². The molecule has 0 saturated heterocycles. The highest BCUT2D eigenvalue weighted by atomic mass is 32.2. The number of aliphatic carboxylic acids is 1. The summed E-state index contributed by atoms with van der Waals surface area (Å²) in [6.07, 6.45) is 1.82. The lowest BCUT2D eigenvalue weighted by Crippen LogP contribution is -2.19. The van der Waals surface area contributed by atoms with E-state index in [9.17, 15) is 4.79 Å². The van der Waals surface area contributed by atoms with Crippen molar-refractivity contribution in [1.82, 2.24) is 9.55 Å². The number of imidazole rings is 1. The lowest BCUT2D eigenvalue weighted by Gasteiger charge is -2.21. The minimum Gasteiger partial charge on any atom is -0.481 e. The van der Waals surface area contributed by atoms with Crippen molar-refractivity contribution in [2.75, 3.05) is 19.5 Å². The van der Waals surface area contributed by atoms with Crippen molar-refractivity contribution < 1.29 is 14.6 Å². The summed E-state index contributed by atoms with van der Waals surface area (Å²) in [6, 6.07) is 0. The van der Waals surface area contributed by atoms with Gasteiger partial charge in [-0.1, -0.05) is 32.5 Å². The molecule has 0 unspecified atom stereocenters. The Kier molecular flexibility index (Phi) is 5.22. The molecule has 1 aromatic rings. The second-order valence-corrected chi connectivity index (χ2v) is 5.95. The standard InChI is InChI=1S/C12H20N2O3S/c1-12(2,3)9-7-13-11(18-8-10(15)16)14(9)5-6-17-4/h7H,5-6,8H2,1-4H3,(H,15,16). The number of methoxy groups -OCH3 is 1. The first-order chi connectivity index (χ1) is 8.36. The zero-order chi connectivity index (χ0) is 13.8. The number of thioether (sulfide) groups is 1. The van der Waals surface area contributed by atoms with Crippen LogP contribution in [-0.4, -0.2) is 40.1 Å². The first-order valence-electron chi connectivity index (χ1n) is 5.75. The molecule has 0 atom stereocenters. The van der Waals surface area contributed by atoms with Gasteiger partial charge in [-0.3, -0.25) is 4.79 Å². The van der Waals surface area contributed by atoms with Crippen molar-refractivity contribution in [2.45, 2.75) is 37.9 Å². The molecule has 0 saturated carbocycles. The monoisotopic (exact) mass is 272 g/mol. The van der Waals surface area contributed by atoms with Crippen molar-refractivity contribution in [2.24, 2.45) is 0 Å². The van der Waals surface area contributed by atoms with Crippen LogP contribution >= 0.6 is 11.8 Å². The Morgan fingerprint density at radius 1 is 1.56 bits per heavy atom. The molecule has 0 aliphatic heterocycles. The summed E-state index contributed by atoms with van der Waals surface area (Å²) in [5.41, 5.74) is 1.07. The molecule has 0 amide bonds. The highest BCUT2D eigenvalue weighted by Gasteiger charge is 2.21. The molecule has 6 heteroatoms. The average Bonchev–Trinajstić information content (AvgIpc) is 2.66. The van der Waals surface area contributed by atoms with E-state index < -0.39 is 5.97 Å². The summed E-state index contributed by atoms with van der Waals surface area (Å²) in [7, 11) is 1.65. The summed E-state index contributed by atoms with van der Waals surface area (Å²) in [4.78, 5) is 14.9. The van der Waals surface area contributed by atoms with E-state index in [0.29, 0.717) is 13.2 Å². The van der Waals surface area contributed by atoms with Gasteiger partial charge in [0.2, 0.25) is 0 Å². The van der Waals surface area contributed by atoms with E-state index in [4.69, 9.17) is 9.84 Å². The van der Waals surface area contributed by atoms with Crippen LogP contribution < -0.4 is 0 Å². The molecule has 102 valence electrons. The fourth-order valence-corrected chi connectivity index (χ4v) is 2.32. The molecule has 0 fully saturated rings. The van der Waals surface area contributed by atoms with E-state index in [2.05, 4.69) is 25.8 Å². The quantitative estimate of drug-likeness (QED) is 0.802. The third-order valence-corrected chi connectivity index (χ3v) is 3.41. The Hall–Kier alpha value is -1.01. The Balaban J connectivity index is 2.95. The van der Waals surface area contributed by atoms with Gasteiger partial charge in [0.05, 0.1) is 12.4 Å². The third-order valence-electron chi connectivity index (χ3n) is 2.43. The molecule has 0 aliphatic carbocycles. The molecule has 0 spiro atoms. The summed E-state index contributed by atoms with van der Waals surface area (Å²) in [6.45, 7) is 7.60. The summed E-state index contributed by atoms with van der Waals surface area (Å²) in [5.74, 6) is -0.813. The Labute approximate surface area is 112 Å². The molecular weight excluding hydrogens is 252 g/mol. The lowest BCUT2D eigenvalue weighted by molar-refractivity contribution is -0.133. The number of nitrogens with zero attached hydrogens (tertiary/aromatic N) is 2.